The molecule has 0 spiro atoms. The van der Waals surface area contributed by atoms with Gasteiger partial charge in [-0.05, 0) is 35.0 Å². The van der Waals surface area contributed by atoms with E-state index in [9.17, 15) is 4.79 Å². The summed E-state index contributed by atoms with van der Waals surface area (Å²) in [4.78, 5) is 10.7. The number of hydrogen-bond donors (Lipinski definition) is 0. The zero-order valence-corrected chi connectivity index (χ0v) is 10.2. The van der Waals surface area contributed by atoms with Gasteiger partial charge in [-0.3, -0.25) is 4.79 Å². The van der Waals surface area contributed by atoms with Gasteiger partial charge in [0.15, 0.2) is 0 Å². The second-order valence-electron chi connectivity index (χ2n) is 4.30. The Bertz CT molecular complexity index is 732. The molecule has 0 atom stereocenters. The molecule has 0 bridgehead atoms. The highest BCUT2D eigenvalue weighted by Gasteiger charge is 2.00. The number of hydrogen-bond acceptors (Lipinski definition) is 2. The minimum absolute atomic E-state index is 0.610. The van der Waals surface area contributed by atoms with Crippen LogP contribution in [0.4, 0.5) is 0 Å². The zero-order valence-electron chi connectivity index (χ0n) is 10.2. The fourth-order valence-electron chi connectivity index (χ4n) is 2.02. The summed E-state index contributed by atoms with van der Waals surface area (Å²) in [5.74, 6) is 1.43. The fourth-order valence-corrected chi connectivity index (χ4v) is 2.02. The van der Waals surface area contributed by atoms with Crippen LogP contribution in [0.5, 0.6) is 11.5 Å². The number of benzene rings is 3. The van der Waals surface area contributed by atoms with E-state index in [1.165, 1.54) is 5.39 Å². The summed E-state index contributed by atoms with van der Waals surface area (Å²) in [6, 6.07) is 21.2. The van der Waals surface area contributed by atoms with Gasteiger partial charge in [0.1, 0.15) is 17.8 Å². The Morgan fingerprint density at radius 2 is 1.53 bits per heavy atom. The van der Waals surface area contributed by atoms with Gasteiger partial charge in [0.2, 0.25) is 0 Å². The molecule has 0 aliphatic rings. The lowest BCUT2D eigenvalue weighted by Crippen LogP contribution is -1.86. The molecule has 19 heavy (non-hydrogen) atoms. The first-order chi connectivity index (χ1) is 9.35. The second kappa shape index (κ2) is 4.94. The van der Waals surface area contributed by atoms with Crippen molar-refractivity contribution in [2.75, 3.05) is 0 Å². The summed E-state index contributed by atoms with van der Waals surface area (Å²) in [7, 11) is 0. The van der Waals surface area contributed by atoms with Crippen molar-refractivity contribution in [1.82, 2.24) is 0 Å². The molecule has 3 aromatic carbocycles. The maximum atomic E-state index is 10.7. The van der Waals surface area contributed by atoms with Crippen LogP contribution in [0.25, 0.3) is 10.8 Å². The van der Waals surface area contributed by atoms with Crippen molar-refractivity contribution >= 4 is 17.1 Å². The topological polar surface area (TPSA) is 26.3 Å². The molecule has 0 heterocycles. The van der Waals surface area contributed by atoms with Crippen LogP contribution in [0.3, 0.4) is 0 Å². The quantitative estimate of drug-likeness (QED) is 0.640. The molecule has 0 N–H and O–H groups in total. The van der Waals surface area contributed by atoms with Crippen molar-refractivity contribution in [3.05, 3.63) is 72.3 Å². The molecule has 3 rings (SSSR count). The largest absolute Gasteiger partial charge is 0.457 e. The van der Waals surface area contributed by atoms with E-state index in [-0.39, 0.29) is 0 Å². The molecule has 0 amide bonds. The van der Waals surface area contributed by atoms with Gasteiger partial charge in [-0.1, -0.05) is 42.5 Å². The Morgan fingerprint density at radius 1 is 0.737 bits per heavy atom. The minimum Gasteiger partial charge on any atom is -0.457 e. The molecule has 0 radical (unpaired) electrons. The first-order valence-corrected chi connectivity index (χ1v) is 6.07. The molecule has 0 aliphatic heterocycles. The average molecular weight is 248 g/mol. The van der Waals surface area contributed by atoms with E-state index < -0.39 is 0 Å². The lowest BCUT2D eigenvalue weighted by Gasteiger charge is -2.07. The van der Waals surface area contributed by atoms with Gasteiger partial charge in [0.25, 0.3) is 0 Å². The molecular formula is C17H12O2. The van der Waals surface area contributed by atoms with Crippen LogP contribution in [-0.4, -0.2) is 6.29 Å². The summed E-state index contributed by atoms with van der Waals surface area (Å²) >= 11 is 0. The maximum absolute atomic E-state index is 10.7. The summed E-state index contributed by atoms with van der Waals surface area (Å²) in [5.41, 5.74) is 0.610. The Hall–Kier alpha value is -2.61. The number of aldehydes is 1. The van der Waals surface area contributed by atoms with Crippen molar-refractivity contribution in [3.63, 3.8) is 0 Å². The molecule has 0 fully saturated rings. The van der Waals surface area contributed by atoms with E-state index in [0.29, 0.717) is 11.3 Å². The fraction of sp³-hybridized carbons (Fsp3) is 0. The average Bonchev–Trinajstić information content (AvgIpc) is 2.47. The summed E-state index contributed by atoms with van der Waals surface area (Å²) in [6.07, 6.45) is 0.813. The third-order valence-electron chi connectivity index (χ3n) is 2.95. The van der Waals surface area contributed by atoms with Crippen molar-refractivity contribution < 1.29 is 9.53 Å². The summed E-state index contributed by atoms with van der Waals surface area (Å²) < 4.78 is 5.77. The molecule has 92 valence electrons. The van der Waals surface area contributed by atoms with E-state index in [4.69, 9.17) is 4.74 Å². The Labute approximate surface area is 111 Å². The second-order valence-corrected chi connectivity index (χ2v) is 4.30. The zero-order chi connectivity index (χ0) is 13.1. The van der Waals surface area contributed by atoms with E-state index in [1.807, 2.05) is 42.5 Å². The van der Waals surface area contributed by atoms with Gasteiger partial charge >= 0.3 is 0 Å². The van der Waals surface area contributed by atoms with Gasteiger partial charge in [-0.25, -0.2) is 0 Å². The number of fused-ring (bicyclic) bond motifs is 1. The molecule has 0 saturated heterocycles. The molecule has 0 aromatic heterocycles. The Balaban J connectivity index is 1.94. The lowest BCUT2D eigenvalue weighted by atomic mass is 10.1. The minimum atomic E-state index is 0.610. The standard InChI is InChI=1S/C17H12O2/c18-12-13-4-3-7-16(10-13)19-17-9-8-14-5-1-2-6-15(14)11-17/h1-12H. The normalized spacial score (nSPS) is 10.3. The summed E-state index contributed by atoms with van der Waals surface area (Å²) in [5, 5.41) is 2.31. The number of carbonyl (C=O) groups is 1. The first-order valence-electron chi connectivity index (χ1n) is 6.07. The van der Waals surface area contributed by atoms with Crippen LogP contribution in [0.2, 0.25) is 0 Å². The highest BCUT2D eigenvalue weighted by atomic mass is 16.5. The molecule has 0 unspecified atom stereocenters. The molecule has 2 heteroatoms. The van der Waals surface area contributed by atoms with Crippen molar-refractivity contribution in [1.29, 1.82) is 0 Å². The van der Waals surface area contributed by atoms with Crippen molar-refractivity contribution in [2.45, 2.75) is 0 Å². The predicted octanol–water partition coefficient (Wildman–Crippen LogP) is 4.44. The molecule has 0 saturated carbocycles. The van der Waals surface area contributed by atoms with Crippen LogP contribution < -0.4 is 4.74 Å². The van der Waals surface area contributed by atoms with Crippen LogP contribution >= 0.6 is 0 Å². The lowest BCUT2D eigenvalue weighted by molar-refractivity contribution is 0.112. The van der Waals surface area contributed by atoms with Crippen molar-refractivity contribution in [3.8, 4) is 11.5 Å². The van der Waals surface area contributed by atoms with Gasteiger partial charge in [-0.2, -0.15) is 0 Å². The van der Waals surface area contributed by atoms with Crippen LogP contribution in [0.15, 0.2) is 66.7 Å². The van der Waals surface area contributed by atoms with E-state index in [2.05, 4.69) is 6.07 Å². The number of rotatable bonds is 3. The summed E-state index contributed by atoms with van der Waals surface area (Å²) in [6.45, 7) is 0. The highest BCUT2D eigenvalue weighted by molar-refractivity contribution is 5.83. The maximum Gasteiger partial charge on any atom is 0.150 e. The van der Waals surface area contributed by atoms with Gasteiger partial charge < -0.3 is 4.74 Å². The Morgan fingerprint density at radius 3 is 2.37 bits per heavy atom. The van der Waals surface area contributed by atoms with E-state index >= 15 is 0 Å². The van der Waals surface area contributed by atoms with Gasteiger partial charge in [-0.15, -0.1) is 0 Å². The van der Waals surface area contributed by atoms with Crippen LogP contribution in [0, 0.1) is 0 Å². The van der Waals surface area contributed by atoms with Crippen LogP contribution in [-0.2, 0) is 0 Å². The third-order valence-corrected chi connectivity index (χ3v) is 2.95. The predicted molar refractivity (Wildman–Crippen MR) is 75.9 cm³/mol. The van der Waals surface area contributed by atoms with Crippen LogP contribution in [0.1, 0.15) is 10.4 Å². The molecule has 0 aliphatic carbocycles. The van der Waals surface area contributed by atoms with Crippen molar-refractivity contribution in [2.24, 2.45) is 0 Å². The van der Waals surface area contributed by atoms with Gasteiger partial charge in [0.05, 0.1) is 0 Å². The SMILES string of the molecule is O=Cc1cccc(Oc2ccc3ccccc3c2)c1. The number of ether oxygens (including phenoxy) is 1. The Kier molecular flexibility index (Phi) is 2.99. The third kappa shape index (κ3) is 2.47. The molecule has 2 nitrogen and oxygen atoms in total. The number of carbonyl (C=O) groups excluding carboxylic acids is 1. The monoisotopic (exact) mass is 248 g/mol. The molecule has 3 aromatic rings. The molecular weight excluding hydrogens is 236 g/mol. The van der Waals surface area contributed by atoms with Gasteiger partial charge in [0, 0.05) is 5.56 Å². The van der Waals surface area contributed by atoms with E-state index in [1.54, 1.807) is 18.2 Å². The van der Waals surface area contributed by atoms with E-state index in [0.717, 1.165) is 17.4 Å². The smallest absolute Gasteiger partial charge is 0.150 e. The highest BCUT2D eigenvalue weighted by Crippen LogP contribution is 2.25. The first kappa shape index (κ1) is 11.5.